The van der Waals surface area contributed by atoms with Crippen LogP contribution in [0, 0.1) is 0 Å². The summed E-state index contributed by atoms with van der Waals surface area (Å²) in [5, 5.41) is 19.2. The maximum atomic E-state index is 12.8. The lowest BCUT2D eigenvalue weighted by Gasteiger charge is -2.08. The molecule has 3 aromatic rings. The predicted molar refractivity (Wildman–Crippen MR) is 90.6 cm³/mol. The number of rotatable bonds is 6. The molecule has 0 aliphatic heterocycles. The highest BCUT2D eigenvalue weighted by Crippen LogP contribution is 2.29. The van der Waals surface area contributed by atoms with Gasteiger partial charge in [0, 0.05) is 18.5 Å². The Morgan fingerprint density at radius 2 is 1.96 bits per heavy atom. The van der Waals surface area contributed by atoms with E-state index in [1.807, 2.05) is 0 Å². The molecule has 0 saturated carbocycles. The number of alkyl halides is 3. The van der Waals surface area contributed by atoms with Crippen LogP contribution < -0.4 is 5.32 Å². The summed E-state index contributed by atoms with van der Waals surface area (Å²) in [5.41, 5.74) is -0.377. The zero-order valence-corrected chi connectivity index (χ0v) is 14.2. The van der Waals surface area contributed by atoms with Crippen LogP contribution in [0.5, 0.6) is 0 Å². The third-order valence-corrected chi connectivity index (χ3v) is 3.69. The number of anilines is 1. The summed E-state index contributed by atoms with van der Waals surface area (Å²) in [6.07, 6.45) is -0.563. The van der Waals surface area contributed by atoms with Gasteiger partial charge < -0.3 is 10.4 Å². The van der Waals surface area contributed by atoms with Gasteiger partial charge in [0.05, 0.1) is 23.9 Å². The standard InChI is InChI=1S/C17H14F3N5O3/c18-17(19,20)13-3-1-2-11(6-13)8-24-5-4-14(23-24)22-15(26)10-25-9-12(7-21-25)16(27)28/h1-7,9H,8,10H2,(H,27,28)(H,22,23,26). The lowest BCUT2D eigenvalue weighted by Crippen LogP contribution is -2.19. The molecule has 0 fully saturated rings. The van der Waals surface area contributed by atoms with E-state index in [0.29, 0.717) is 5.56 Å². The molecular weight excluding hydrogens is 379 g/mol. The molecule has 0 aliphatic rings. The lowest BCUT2D eigenvalue weighted by molar-refractivity contribution is -0.137. The first kappa shape index (κ1) is 19.1. The van der Waals surface area contributed by atoms with Crippen LogP contribution >= 0.6 is 0 Å². The summed E-state index contributed by atoms with van der Waals surface area (Å²) >= 11 is 0. The number of carbonyl (C=O) groups is 2. The molecule has 0 radical (unpaired) electrons. The number of aromatic carboxylic acids is 1. The number of carboxylic acid groups (broad SMARTS) is 1. The molecule has 0 atom stereocenters. The number of hydrogen-bond donors (Lipinski definition) is 2. The fourth-order valence-corrected chi connectivity index (χ4v) is 2.44. The van der Waals surface area contributed by atoms with Crippen LogP contribution in [-0.2, 0) is 24.1 Å². The van der Waals surface area contributed by atoms with Crippen molar-refractivity contribution in [3.8, 4) is 0 Å². The molecule has 0 bridgehead atoms. The van der Waals surface area contributed by atoms with Crippen LogP contribution in [0.4, 0.5) is 19.0 Å². The number of carbonyl (C=O) groups excluding carboxylic acids is 1. The van der Waals surface area contributed by atoms with Crippen molar-refractivity contribution in [2.75, 3.05) is 5.32 Å². The molecule has 8 nitrogen and oxygen atoms in total. The summed E-state index contributed by atoms with van der Waals surface area (Å²) < 4.78 is 40.9. The highest BCUT2D eigenvalue weighted by atomic mass is 19.4. The van der Waals surface area contributed by atoms with Crippen molar-refractivity contribution in [1.29, 1.82) is 0 Å². The molecule has 0 unspecified atom stereocenters. The van der Waals surface area contributed by atoms with E-state index >= 15 is 0 Å². The molecule has 2 aromatic heterocycles. The van der Waals surface area contributed by atoms with Gasteiger partial charge in [-0.25, -0.2) is 4.79 Å². The highest BCUT2D eigenvalue weighted by Gasteiger charge is 2.30. The molecule has 146 valence electrons. The van der Waals surface area contributed by atoms with Crippen molar-refractivity contribution < 1.29 is 27.9 Å². The summed E-state index contributed by atoms with van der Waals surface area (Å²) in [6.45, 7) is -0.116. The van der Waals surface area contributed by atoms with Crippen LogP contribution in [0.3, 0.4) is 0 Å². The molecule has 0 aliphatic carbocycles. The molecule has 2 N–H and O–H groups in total. The van der Waals surface area contributed by atoms with E-state index in [1.54, 1.807) is 6.07 Å². The third-order valence-electron chi connectivity index (χ3n) is 3.69. The number of nitrogens with zero attached hydrogens (tertiary/aromatic N) is 4. The molecule has 11 heteroatoms. The van der Waals surface area contributed by atoms with Gasteiger partial charge in [0.15, 0.2) is 5.82 Å². The second-order valence-electron chi connectivity index (χ2n) is 5.88. The number of benzene rings is 1. The Bertz CT molecular complexity index is 1010. The van der Waals surface area contributed by atoms with Gasteiger partial charge >= 0.3 is 12.1 Å². The van der Waals surface area contributed by atoms with E-state index in [-0.39, 0.29) is 24.5 Å². The quantitative estimate of drug-likeness (QED) is 0.670. The first-order chi connectivity index (χ1) is 13.2. The van der Waals surface area contributed by atoms with Crippen molar-refractivity contribution >= 4 is 17.7 Å². The summed E-state index contributed by atoms with van der Waals surface area (Å²) in [6, 6.07) is 6.39. The second kappa shape index (κ2) is 7.55. The Morgan fingerprint density at radius 3 is 2.64 bits per heavy atom. The van der Waals surface area contributed by atoms with Gasteiger partial charge in [0.2, 0.25) is 5.91 Å². The Hall–Kier alpha value is -3.63. The lowest BCUT2D eigenvalue weighted by atomic mass is 10.1. The fraction of sp³-hybridized carbons (Fsp3) is 0.176. The van der Waals surface area contributed by atoms with E-state index in [0.717, 1.165) is 18.3 Å². The predicted octanol–water partition coefficient (Wildman–Crippen LogP) is 2.48. The molecule has 3 rings (SSSR count). The van der Waals surface area contributed by atoms with Crippen molar-refractivity contribution in [2.24, 2.45) is 0 Å². The van der Waals surface area contributed by atoms with E-state index < -0.39 is 23.6 Å². The highest BCUT2D eigenvalue weighted by molar-refractivity contribution is 5.90. The topological polar surface area (TPSA) is 102 Å². The minimum atomic E-state index is -4.42. The fourth-order valence-electron chi connectivity index (χ4n) is 2.44. The number of amides is 1. The van der Waals surface area contributed by atoms with E-state index in [9.17, 15) is 22.8 Å². The zero-order valence-electron chi connectivity index (χ0n) is 14.2. The average molecular weight is 393 g/mol. The first-order valence-corrected chi connectivity index (χ1v) is 7.96. The maximum Gasteiger partial charge on any atom is 0.416 e. The number of hydrogen-bond acceptors (Lipinski definition) is 4. The SMILES string of the molecule is O=C(Cn1cc(C(=O)O)cn1)Nc1ccn(Cc2cccc(C(F)(F)F)c2)n1. The molecule has 1 aromatic carbocycles. The maximum absolute atomic E-state index is 12.8. The first-order valence-electron chi connectivity index (χ1n) is 7.96. The summed E-state index contributed by atoms with van der Waals surface area (Å²) in [4.78, 5) is 22.8. The smallest absolute Gasteiger partial charge is 0.416 e. The van der Waals surface area contributed by atoms with Crippen molar-refractivity contribution in [3.05, 3.63) is 65.6 Å². The van der Waals surface area contributed by atoms with E-state index in [1.165, 1.54) is 33.9 Å². The van der Waals surface area contributed by atoms with Gasteiger partial charge in [-0.2, -0.15) is 23.4 Å². The monoisotopic (exact) mass is 393 g/mol. The minimum absolute atomic E-state index is 0.0434. The van der Waals surface area contributed by atoms with Gasteiger partial charge in [-0.1, -0.05) is 12.1 Å². The zero-order chi connectivity index (χ0) is 20.3. The Kier molecular flexibility index (Phi) is 5.16. The molecule has 0 saturated heterocycles. The van der Waals surface area contributed by atoms with Crippen LogP contribution in [0.1, 0.15) is 21.5 Å². The minimum Gasteiger partial charge on any atom is -0.478 e. The van der Waals surface area contributed by atoms with E-state index in [4.69, 9.17) is 5.11 Å². The van der Waals surface area contributed by atoms with Crippen LogP contribution in [0.2, 0.25) is 0 Å². The Morgan fingerprint density at radius 1 is 1.18 bits per heavy atom. The largest absolute Gasteiger partial charge is 0.478 e. The normalized spacial score (nSPS) is 11.4. The van der Waals surface area contributed by atoms with Crippen molar-refractivity contribution in [1.82, 2.24) is 19.6 Å². The Labute approximate surface area is 156 Å². The summed E-state index contributed by atoms with van der Waals surface area (Å²) in [5.74, 6) is -1.42. The van der Waals surface area contributed by atoms with Crippen LogP contribution in [-0.4, -0.2) is 36.5 Å². The summed E-state index contributed by atoms with van der Waals surface area (Å²) in [7, 11) is 0. The number of nitrogens with one attached hydrogen (secondary N) is 1. The molecule has 1 amide bonds. The number of carboxylic acids is 1. The molecule has 28 heavy (non-hydrogen) atoms. The molecule has 0 spiro atoms. The Balaban J connectivity index is 1.61. The number of halogens is 3. The number of aromatic nitrogens is 4. The second-order valence-corrected chi connectivity index (χ2v) is 5.88. The van der Waals surface area contributed by atoms with Gasteiger partial charge in [0.25, 0.3) is 0 Å². The molecular formula is C17H14F3N5O3. The van der Waals surface area contributed by atoms with E-state index in [2.05, 4.69) is 15.5 Å². The molecule has 2 heterocycles. The van der Waals surface area contributed by atoms with Gasteiger partial charge in [0.1, 0.15) is 6.54 Å². The van der Waals surface area contributed by atoms with Crippen molar-refractivity contribution in [2.45, 2.75) is 19.3 Å². The van der Waals surface area contributed by atoms with Gasteiger partial charge in [-0.15, -0.1) is 0 Å². The third kappa shape index (κ3) is 4.75. The van der Waals surface area contributed by atoms with Gasteiger partial charge in [-0.05, 0) is 17.7 Å². The van der Waals surface area contributed by atoms with Crippen LogP contribution in [0.25, 0.3) is 0 Å². The van der Waals surface area contributed by atoms with Crippen LogP contribution in [0.15, 0.2) is 48.9 Å². The van der Waals surface area contributed by atoms with Crippen molar-refractivity contribution in [3.63, 3.8) is 0 Å². The average Bonchev–Trinajstić information content (AvgIpc) is 3.24. The van der Waals surface area contributed by atoms with Gasteiger partial charge in [-0.3, -0.25) is 14.2 Å².